The Bertz CT molecular complexity index is 339. The summed E-state index contributed by atoms with van der Waals surface area (Å²) in [6.45, 7) is 8.82. The van der Waals surface area contributed by atoms with Crippen molar-refractivity contribution in [1.29, 1.82) is 0 Å². The molecule has 0 saturated heterocycles. The molecule has 1 atom stereocenters. The molecule has 0 radical (unpaired) electrons. The van der Waals surface area contributed by atoms with E-state index in [-0.39, 0.29) is 0 Å². The highest BCUT2D eigenvalue weighted by molar-refractivity contribution is 9.10. The second kappa shape index (κ2) is 6.14. The van der Waals surface area contributed by atoms with Crippen LogP contribution in [0.1, 0.15) is 27.2 Å². The Labute approximate surface area is 107 Å². The molecule has 16 heavy (non-hydrogen) atoms. The van der Waals surface area contributed by atoms with Crippen molar-refractivity contribution < 1.29 is 0 Å². The van der Waals surface area contributed by atoms with Crippen molar-refractivity contribution >= 4 is 27.3 Å². The fraction of sp³-hybridized carbons (Fsp3) is 0.538. The average molecular weight is 285 g/mol. The minimum Gasteiger partial charge on any atom is -0.399 e. The van der Waals surface area contributed by atoms with E-state index in [9.17, 15) is 0 Å². The maximum atomic E-state index is 5.75. The van der Waals surface area contributed by atoms with E-state index in [1.165, 1.54) is 12.1 Å². The molecule has 0 spiro atoms. The monoisotopic (exact) mass is 284 g/mol. The summed E-state index contributed by atoms with van der Waals surface area (Å²) < 4.78 is 1.08. The fourth-order valence-corrected chi connectivity index (χ4v) is 2.33. The Morgan fingerprint density at radius 2 is 2.06 bits per heavy atom. The summed E-state index contributed by atoms with van der Waals surface area (Å²) in [5.41, 5.74) is 7.78. The zero-order chi connectivity index (χ0) is 12.1. The van der Waals surface area contributed by atoms with Crippen LogP contribution < -0.4 is 10.6 Å². The minimum atomic E-state index is 0.712. The molecule has 0 amide bonds. The van der Waals surface area contributed by atoms with Gasteiger partial charge in [-0.1, -0.05) is 20.3 Å². The number of anilines is 2. The van der Waals surface area contributed by atoms with E-state index < -0.39 is 0 Å². The lowest BCUT2D eigenvalue weighted by molar-refractivity contribution is 0.548. The van der Waals surface area contributed by atoms with Crippen molar-refractivity contribution in [3.8, 4) is 0 Å². The first kappa shape index (κ1) is 13.4. The first-order valence-electron chi connectivity index (χ1n) is 5.88. The van der Waals surface area contributed by atoms with Crippen LogP contribution in [0.3, 0.4) is 0 Å². The summed E-state index contributed by atoms with van der Waals surface area (Å²) in [7, 11) is 0. The van der Waals surface area contributed by atoms with Crippen LogP contribution in [0.5, 0.6) is 0 Å². The summed E-state index contributed by atoms with van der Waals surface area (Å²) in [6, 6.07) is 6.01. The molecular weight excluding hydrogens is 264 g/mol. The number of hydrogen-bond acceptors (Lipinski definition) is 2. The Morgan fingerprint density at radius 1 is 1.38 bits per heavy atom. The van der Waals surface area contributed by atoms with Gasteiger partial charge in [-0.25, -0.2) is 0 Å². The van der Waals surface area contributed by atoms with Gasteiger partial charge in [0, 0.05) is 23.2 Å². The highest BCUT2D eigenvalue weighted by atomic mass is 79.9. The number of nitrogens with zero attached hydrogens (tertiary/aromatic N) is 1. The van der Waals surface area contributed by atoms with Crippen LogP contribution in [-0.4, -0.2) is 13.1 Å². The van der Waals surface area contributed by atoms with Gasteiger partial charge in [-0.05, 0) is 47.0 Å². The largest absolute Gasteiger partial charge is 0.399 e. The van der Waals surface area contributed by atoms with Gasteiger partial charge in [0.1, 0.15) is 0 Å². The van der Waals surface area contributed by atoms with Crippen LogP contribution in [0.2, 0.25) is 0 Å². The predicted octanol–water partition coefficient (Wildman–Crippen LogP) is 3.90. The number of hydrogen-bond donors (Lipinski definition) is 1. The van der Waals surface area contributed by atoms with E-state index in [4.69, 9.17) is 5.73 Å². The molecule has 0 aliphatic carbocycles. The summed E-state index contributed by atoms with van der Waals surface area (Å²) >= 11 is 3.58. The topological polar surface area (TPSA) is 29.3 Å². The highest BCUT2D eigenvalue weighted by Gasteiger charge is 2.11. The first-order chi connectivity index (χ1) is 7.58. The SMILES string of the molecule is CCC(C)CN(CC)c1ccc(N)cc1Br. The van der Waals surface area contributed by atoms with E-state index in [1.807, 2.05) is 12.1 Å². The average Bonchev–Trinajstić information content (AvgIpc) is 2.26. The van der Waals surface area contributed by atoms with Gasteiger partial charge in [0.15, 0.2) is 0 Å². The van der Waals surface area contributed by atoms with Gasteiger partial charge in [0.25, 0.3) is 0 Å². The Hall–Kier alpha value is -0.700. The lowest BCUT2D eigenvalue weighted by atomic mass is 10.1. The van der Waals surface area contributed by atoms with E-state index in [0.717, 1.165) is 23.2 Å². The summed E-state index contributed by atoms with van der Waals surface area (Å²) in [4.78, 5) is 2.39. The van der Waals surface area contributed by atoms with E-state index in [2.05, 4.69) is 47.7 Å². The molecule has 1 unspecified atom stereocenters. The molecule has 1 aromatic carbocycles. The van der Waals surface area contributed by atoms with Gasteiger partial charge in [-0.3, -0.25) is 0 Å². The Kier molecular flexibility index (Phi) is 5.13. The van der Waals surface area contributed by atoms with Gasteiger partial charge in [0.05, 0.1) is 5.69 Å². The first-order valence-corrected chi connectivity index (χ1v) is 6.67. The Balaban J connectivity index is 2.86. The van der Waals surface area contributed by atoms with Gasteiger partial charge in [-0.15, -0.1) is 0 Å². The molecular formula is C13H21BrN2. The van der Waals surface area contributed by atoms with E-state index in [1.54, 1.807) is 0 Å². The molecule has 1 rings (SSSR count). The molecule has 1 aromatic rings. The zero-order valence-corrected chi connectivity index (χ0v) is 11.9. The van der Waals surface area contributed by atoms with Crippen LogP contribution >= 0.6 is 15.9 Å². The third-order valence-electron chi connectivity index (χ3n) is 2.92. The third kappa shape index (κ3) is 3.41. The Morgan fingerprint density at radius 3 is 2.56 bits per heavy atom. The summed E-state index contributed by atoms with van der Waals surface area (Å²) in [5, 5.41) is 0. The van der Waals surface area contributed by atoms with Crippen molar-refractivity contribution in [2.24, 2.45) is 5.92 Å². The highest BCUT2D eigenvalue weighted by Crippen LogP contribution is 2.28. The molecule has 0 saturated carbocycles. The molecule has 0 aromatic heterocycles. The molecule has 0 bridgehead atoms. The number of halogens is 1. The molecule has 3 heteroatoms. The van der Waals surface area contributed by atoms with Crippen molar-refractivity contribution in [3.05, 3.63) is 22.7 Å². The lowest BCUT2D eigenvalue weighted by Crippen LogP contribution is -2.28. The van der Waals surface area contributed by atoms with Crippen LogP contribution in [0.4, 0.5) is 11.4 Å². The number of benzene rings is 1. The quantitative estimate of drug-likeness (QED) is 0.831. The van der Waals surface area contributed by atoms with E-state index >= 15 is 0 Å². The molecule has 2 nitrogen and oxygen atoms in total. The van der Waals surface area contributed by atoms with Crippen LogP contribution in [0, 0.1) is 5.92 Å². The minimum absolute atomic E-state index is 0.712. The normalized spacial score (nSPS) is 12.5. The molecule has 0 aliphatic heterocycles. The van der Waals surface area contributed by atoms with Crippen molar-refractivity contribution in [1.82, 2.24) is 0 Å². The van der Waals surface area contributed by atoms with Gasteiger partial charge in [-0.2, -0.15) is 0 Å². The lowest BCUT2D eigenvalue weighted by Gasteiger charge is -2.27. The molecule has 0 aliphatic rings. The third-order valence-corrected chi connectivity index (χ3v) is 3.56. The smallest absolute Gasteiger partial charge is 0.0512 e. The van der Waals surface area contributed by atoms with Crippen molar-refractivity contribution in [2.75, 3.05) is 23.7 Å². The van der Waals surface area contributed by atoms with Crippen LogP contribution in [0.15, 0.2) is 22.7 Å². The maximum Gasteiger partial charge on any atom is 0.0512 e. The molecule has 2 N–H and O–H groups in total. The van der Waals surface area contributed by atoms with Gasteiger partial charge < -0.3 is 10.6 Å². The standard InChI is InChI=1S/C13H21BrN2/c1-4-10(3)9-16(5-2)13-7-6-11(15)8-12(13)14/h6-8,10H,4-5,9,15H2,1-3H3. The van der Waals surface area contributed by atoms with Crippen molar-refractivity contribution in [2.45, 2.75) is 27.2 Å². The van der Waals surface area contributed by atoms with Gasteiger partial charge >= 0.3 is 0 Å². The number of nitrogens with two attached hydrogens (primary N) is 1. The van der Waals surface area contributed by atoms with Gasteiger partial charge in [0.2, 0.25) is 0 Å². The summed E-state index contributed by atoms with van der Waals surface area (Å²) in [6.07, 6.45) is 1.21. The molecule has 0 fully saturated rings. The van der Waals surface area contributed by atoms with Crippen LogP contribution in [0.25, 0.3) is 0 Å². The number of rotatable bonds is 5. The molecule has 0 heterocycles. The predicted molar refractivity (Wildman–Crippen MR) is 75.9 cm³/mol. The van der Waals surface area contributed by atoms with Crippen LogP contribution in [-0.2, 0) is 0 Å². The van der Waals surface area contributed by atoms with E-state index in [0.29, 0.717) is 5.92 Å². The van der Waals surface area contributed by atoms with Crippen molar-refractivity contribution in [3.63, 3.8) is 0 Å². The maximum absolute atomic E-state index is 5.75. The zero-order valence-electron chi connectivity index (χ0n) is 10.3. The second-order valence-electron chi connectivity index (χ2n) is 4.26. The fourth-order valence-electron chi connectivity index (χ4n) is 1.68. The second-order valence-corrected chi connectivity index (χ2v) is 5.12. The summed E-state index contributed by atoms with van der Waals surface area (Å²) in [5.74, 6) is 0.712. The number of nitrogen functional groups attached to an aromatic ring is 1. The molecule has 90 valence electrons.